The van der Waals surface area contributed by atoms with Gasteiger partial charge in [-0.15, -0.1) is 0 Å². The average Bonchev–Trinajstić information content (AvgIpc) is 2.15. The minimum absolute atomic E-state index is 0.338. The molecule has 1 rings (SSSR count). The summed E-state index contributed by atoms with van der Waals surface area (Å²) in [5.74, 6) is -0.338. The van der Waals surface area contributed by atoms with Crippen molar-refractivity contribution in [2.24, 2.45) is 0 Å². The lowest BCUT2D eigenvalue weighted by Crippen LogP contribution is -2.11. The molecule has 0 aliphatic heterocycles. The molecule has 0 bridgehead atoms. The highest BCUT2D eigenvalue weighted by atomic mass is 31.2. The molecule has 0 saturated carbocycles. The van der Waals surface area contributed by atoms with Crippen LogP contribution in [0.3, 0.4) is 0 Å². The first kappa shape index (κ1) is 11.5. The molecule has 0 heterocycles. The summed E-state index contributed by atoms with van der Waals surface area (Å²) in [4.78, 5) is 0. The van der Waals surface area contributed by atoms with E-state index < -0.39 is 7.14 Å². The van der Waals surface area contributed by atoms with Crippen LogP contribution in [-0.4, -0.2) is 12.8 Å². The fourth-order valence-electron chi connectivity index (χ4n) is 1.42. The summed E-state index contributed by atoms with van der Waals surface area (Å²) in [6, 6.07) is 6.36. The maximum Gasteiger partial charge on any atom is 0.133 e. The highest BCUT2D eigenvalue weighted by Gasteiger charge is 2.20. The fourth-order valence-corrected chi connectivity index (χ4v) is 3.50. The molecule has 0 amide bonds. The molecule has 0 aliphatic rings. The lowest BCUT2D eigenvalue weighted by atomic mass is 10.3. The molecule has 14 heavy (non-hydrogen) atoms. The summed E-state index contributed by atoms with van der Waals surface area (Å²) >= 11 is 0. The van der Waals surface area contributed by atoms with E-state index in [0.29, 0.717) is 11.5 Å². The molecule has 1 unspecified atom stereocenters. The van der Waals surface area contributed by atoms with Gasteiger partial charge >= 0.3 is 0 Å². The molecular formula is C11H16FOP. The van der Waals surface area contributed by atoms with E-state index in [2.05, 4.69) is 0 Å². The standard InChI is InChI=1S/C11H16FOP/c1-3-4-9-14(2,13)11-8-6-5-7-10(11)12/h5-8H,3-4,9H2,1-2H3. The summed E-state index contributed by atoms with van der Waals surface area (Å²) in [7, 11) is -2.47. The van der Waals surface area contributed by atoms with Gasteiger partial charge in [0.2, 0.25) is 0 Å². The van der Waals surface area contributed by atoms with Gasteiger partial charge < -0.3 is 4.57 Å². The first-order valence-electron chi connectivity index (χ1n) is 4.89. The van der Waals surface area contributed by atoms with E-state index in [1.54, 1.807) is 24.9 Å². The van der Waals surface area contributed by atoms with Crippen LogP contribution in [0.2, 0.25) is 0 Å². The van der Waals surface area contributed by atoms with Crippen LogP contribution < -0.4 is 5.30 Å². The highest BCUT2D eigenvalue weighted by molar-refractivity contribution is 7.70. The molecule has 1 aromatic carbocycles. The molecule has 1 nitrogen and oxygen atoms in total. The van der Waals surface area contributed by atoms with E-state index in [0.717, 1.165) is 12.8 Å². The van der Waals surface area contributed by atoms with E-state index in [1.807, 2.05) is 6.92 Å². The first-order valence-corrected chi connectivity index (χ1v) is 7.23. The summed E-state index contributed by atoms with van der Waals surface area (Å²) in [5.41, 5.74) is 0. The summed E-state index contributed by atoms with van der Waals surface area (Å²) < 4.78 is 25.5. The molecular weight excluding hydrogens is 198 g/mol. The molecule has 78 valence electrons. The third kappa shape index (κ3) is 2.68. The van der Waals surface area contributed by atoms with Crippen LogP contribution in [0.5, 0.6) is 0 Å². The van der Waals surface area contributed by atoms with Crippen molar-refractivity contribution in [2.45, 2.75) is 19.8 Å². The van der Waals surface area contributed by atoms with Gasteiger partial charge in [-0.1, -0.05) is 25.5 Å². The van der Waals surface area contributed by atoms with Gasteiger partial charge in [-0.2, -0.15) is 0 Å². The van der Waals surface area contributed by atoms with E-state index >= 15 is 0 Å². The Bertz CT molecular complexity index is 349. The summed E-state index contributed by atoms with van der Waals surface area (Å²) in [6.45, 7) is 3.71. The number of hydrogen-bond donors (Lipinski definition) is 0. The number of unbranched alkanes of at least 4 members (excludes halogenated alkanes) is 1. The molecule has 0 fully saturated rings. The van der Waals surface area contributed by atoms with Crippen molar-refractivity contribution in [3.8, 4) is 0 Å². The zero-order valence-electron chi connectivity index (χ0n) is 8.66. The minimum atomic E-state index is -2.47. The Labute approximate surface area is 84.7 Å². The van der Waals surface area contributed by atoms with Crippen LogP contribution in [0, 0.1) is 5.82 Å². The van der Waals surface area contributed by atoms with Crippen LogP contribution in [0.4, 0.5) is 4.39 Å². The predicted molar refractivity (Wildman–Crippen MR) is 59.3 cm³/mol. The molecule has 0 N–H and O–H groups in total. The second-order valence-electron chi connectivity index (χ2n) is 3.63. The van der Waals surface area contributed by atoms with Crippen molar-refractivity contribution >= 4 is 12.4 Å². The topological polar surface area (TPSA) is 17.1 Å². The van der Waals surface area contributed by atoms with Crippen LogP contribution in [-0.2, 0) is 4.57 Å². The Kier molecular flexibility index (Phi) is 3.88. The molecule has 0 radical (unpaired) electrons. The number of halogens is 1. The normalized spacial score (nSPS) is 15.1. The van der Waals surface area contributed by atoms with Crippen LogP contribution in [0.1, 0.15) is 19.8 Å². The van der Waals surface area contributed by atoms with Gasteiger partial charge in [0.25, 0.3) is 0 Å². The number of hydrogen-bond acceptors (Lipinski definition) is 1. The highest BCUT2D eigenvalue weighted by Crippen LogP contribution is 2.41. The molecule has 3 heteroatoms. The minimum Gasteiger partial charge on any atom is -0.319 e. The van der Waals surface area contributed by atoms with Gasteiger partial charge in [0.1, 0.15) is 13.0 Å². The molecule has 0 aromatic heterocycles. The lowest BCUT2D eigenvalue weighted by molar-refractivity contribution is 0.579. The second-order valence-corrected chi connectivity index (χ2v) is 6.76. The molecule has 1 aromatic rings. The Balaban J connectivity index is 2.92. The lowest BCUT2D eigenvalue weighted by Gasteiger charge is -2.13. The van der Waals surface area contributed by atoms with Gasteiger partial charge in [-0.3, -0.25) is 0 Å². The van der Waals surface area contributed by atoms with Gasteiger partial charge in [-0.05, 0) is 25.2 Å². The third-order valence-electron chi connectivity index (χ3n) is 2.30. The van der Waals surface area contributed by atoms with Crippen molar-refractivity contribution in [2.75, 3.05) is 12.8 Å². The second kappa shape index (κ2) is 4.75. The molecule has 0 aliphatic carbocycles. The van der Waals surface area contributed by atoms with Crippen LogP contribution in [0.25, 0.3) is 0 Å². The van der Waals surface area contributed by atoms with Crippen LogP contribution in [0.15, 0.2) is 24.3 Å². The van der Waals surface area contributed by atoms with E-state index in [1.165, 1.54) is 6.07 Å². The Morgan fingerprint density at radius 3 is 2.57 bits per heavy atom. The van der Waals surface area contributed by atoms with Crippen molar-refractivity contribution in [1.29, 1.82) is 0 Å². The van der Waals surface area contributed by atoms with Crippen molar-refractivity contribution < 1.29 is 8.96 Å². The van der Waals surface area contributed by atoms with E-state index in [9.17, 15) is 8.96 Å². The smallest absolute Gasteiger partial charge is 0.133 e. The SMILES string of the molecule is CCCCP(C)(=O)c1ccccc1F. The number of benzene rings is 1. The van der Waals surface area contributed by atoms with Crippen molar-refractivity contribution in [3.63, 3.8) is 0 Å². The average molecular weight is 214 g/mol. The van der Waals surface area contributed by atoms with Gasteiger partial charge in [0.15, 0.2) is 0 Å². The summed E-state index contributed by atoms with van der Waals surface area (Å²) in [5, 5.41) is 0.397. The quantitative estimate of drug-likeness (QED) is 0.703. The van der Waals surface area contributed by atoms with Gasteiger partial charge in [0.05, 0.1) is 0 Å². The zero-order chi connectivity index (χ0) is 10.6. The Hall–Kier alpha value is -0.620. The van der Waals surface area contributed by atoms with Crippen LogP contribution >= 0.6 is 7.14 Å². The van der Waals surface area contributed by atoms with E-state index in [4.69, 9.17) is 0 Å². The fraction of sp³-hybridized carbons (Fsp3) is 0.455. The first-order chi connectivity index (χ1) is 6.58. The summed E-state index contributed by atoms with van der Waals surface area (Å²) in [6.07, 6.45) is 2.48. The van der Waals surface area contributed by atoms with Gasteiger partial charge in [0, 0.05) is 11.5 Å². The molecule has 0 saturated heterocycles. The largest absolute Gasteiger partial charge is 0.319 e. The maximum absolute atomic E-state index is 13.3. The molecule has 0 spiro atoms. The Morgan fingerprint density at radius 1 is 1.36 bits per heavy atom. The number of rotatable bonds is 4. The van der Waals surface area contributed by atoms with Crippen molar-refractivity contribution in [1.82, 2.24) is 0 Å². The van der Waals surface area contributed by atoms with Crippen molar-refractivity contribution in [3.05, 3.63) is 30.1 Å². The van der Waals surface area contributed by atoms with Gasteiger partial charge in [-0.25, -0.2) is 4.39 Å². The monoisotopic (exact) mass is 214 g/mol. The van der Waals surface area contributed by atoms with E-state index in [-0.39, 0.29) is 5.82 Å². The maximum atomic E-state index is 13.3. The predicted octanol–water partition coefficient (Wildman–Crippen LogP) is 3.24. The Morgan fingerprint density at radius 2 is 2.00 bits per heavy atom. The zero-order valence-corrected chi connectivity index (χ0v) is 9.56. The third-order valence-corrected chi connectivity index (χ3v) is 4.85. The molecule has 1 atom stereocenters.